The lowest BCUT2D eigenvalue weighted by atomic mass is 9.79. The molecule has 1 N–H and O–H groups in total. The Morgan fingerprint density at radius 2 is 1.65 bits per heavy atom. The van der Waals surface area contributed by atoms with Crippen LogP contribution in [0.2, 0.25) is 0 Å². The molecule has 23 heavy (non-hydrogen) atoms. The molecule has 0 aromatic heterocycles. The van der Waals surface area contributed by atoms with E-state index < -0.39 is 0 Å². The number of carbonyl (C=O) groups is 1. The summed E-state index contributed by atoms with van der Waals surface area (Å²) in [4.78, 5) is 11.7. The first kappa shape index (κ1) is 22.6. The number of ketones is 1. The summed E-state index contributed by atoms with van der Waals surface area (Å²) in [5.74, 6) is 0.205. The summed E-state index contributed by atoms with van der Waals surface area (Å²) < 4.78 is 12.2. The number of carbonyl (C=O) groups excluding carboxylic acids is 1. The number of rotatable bonds is 12. The van der Waals surface area contributed by atoms with Gasteiger partial charge in [0, 0.05) is 12.0 Å². The van der Waals surface area contributed by atoms with E-state index in [2.05, 4.69) is 39.9 Å². The number of ether oxygens (including phenoxy) is 2. The van der Waals surface area contributed by atoms with Crippen LogP contribution >= 0.6 is 0 Å². The van der Waals surface area contributed by atoms with Crippen molar-refractivity contribution in [2.75, 3.05) is 20.2 Å². The Bertz CT molecular complexity index is 362. The van der Waals surface area contributed by atoms with E-state index in [9.17, 15) is 4.79 Å². The number of Topliss-reactive ketones (excluding diaryl/α,β-unsaturated/α-hetero) is 1. The Balaban J connectivity index is 4.28. The summed E-state index contributed by atoms with van der Waals surface area (Å²) in [5.41, 5.74) is -0.792. The number of hydrogen-bond donors (Lipinski definition) is 1. The first-order valence-electron chi connectivity index (χ1n) is 8.79. The maximum absolute atomic E-state index is 11.7. The maximum Gasteiger partial charge on any atom is 0.135 e. The molecule has 0 radical (unpaired) electrons. The third-order valence-corrected chi connectivity index (χ3v) is 4.34. The van der Waals surface area contributed by atoms with E-state index >= 15 is 0 Å². The van der Waals surface area contributed by atoms with Gasteiger partial charge in [0.1, 0.15) is 5.78 Å². The second kappa shape index (κ2) is 9.14. The largest absolute Gasteiger partial charge is 0.375 e. The molecule has 138 valence electrons. The molecule has 1 unspecified atom stereocenters. The normalized spacial score (nSPS) is 14.8. The predicted molar refractivity (Wildman–Crippen MR) is 96.9 cm³/mol. The molecule has 1 atom stereocenters. The van der Waals surface area contributed by atoms with Crippen molar-refractivity contribution in [3.05, 3.63) is 0 Å². The average Bonchev–Trinajstić information content (AvgIpc) is 2.33. The standard InChI is InChI=1S/C19H39NO3/c1-15(10-13-22-18(5,6)11-12-20-9)23-19(7,8)14-17(3,4)16(2)21/h15,20H,10-14H2,1-9H3. The molecule has 0 amide bonds. The second-order valence-corrected chi connectivity index (χ2v) is 8.56. The quantitative estimate of drug-likeness (QED) is 0.588. The van der Waals surface area contributed by atoms with Gasteiger partial charge in [0.05, 0.1) is 17.3 Å². The van der Waals surface area contributed by atoms with E-state index in [4.69, 9.17) is 9.47 Å². The third kappa shape index (κ3) is 10.1. The van der Waals surface area contributed by atoms with Gasteiger partial charge >= 0.3 is 0 Å². The number of hydrogen-bond acceptors (Lipinski definition) is 4. The molecule has 0 aliphatic rings. The fraction of sp³-hybridized carbons (Fsp3) is 0.947. The predicted octanol–water partition coefficient (Wildman–Crippen LogP) is 3.97. The zero-order chi connectivity index (χ0) is 18.3. The highest BCUT2D eigenvalue weighted by molar-refractivity contribution is 5.81. The molecule has 0 heterocycles. The Hall–Kier alpha value is -0.450. The minimum absolute atomic E-state index is 0.104. The van der Waals surface area contributed by atoms with Crippen molar-refractivity contribution in [1.82, 2.24) is 5.32 Å². The van der Waals surface area contributed by atoms with Crippen LogP contribution in [0.5, 0.6) is 0 Å². The van der Waals surface area contributed by atoms with Crippen molar-refractivity contribution in [1.29, 1.82) is 0 Å². The summed E-state index contributed by atoms with van der Waals surface area (Å²) in [6, 6.07) is 0. The van der Waals surface area contributed by atoms with Crippen molar-refractivity contribution < 1.29 is 14.3 Å². The van der Waals surface area contributed by atoms with E-state index in [-0.39, 0.29) is 28.5 Å². The Morgan fingerprint density at radius 1 is 1.09 bits per heavy atom. The minimum atomic E-state index is -0.352. The highest BCUT2D eigenvalue weighted by atomic mass is 16.5. The Morgan fingerprint density at radius 3 is 2.13 bits per heavy atom. The summed E-state index contributed by atoms with van der Waals surface area (Å²) in [7, 11) is 1.95. The van der Waals surface area contributed by atoms with Crippen molar-refractivity contribution >= 4 is 5.78 Å². The van der Waals surface area contributed by atoms with Gasteiger partial charge < -0.3 is 14.8 Å². The topological polar surface area (TPSA) is 47.6 Å². The fourth-order valence-electron chi connectivity index (χ4n) is 2.83. The lowest BCUT2D eigenvalue weighted by molar-refractivity contribution is -0.134. The summed E-state index contributed by atoms with van der Waals surface area (Å²) in [5, 5.41) is 3.15. The van der Waals surface area contributed by atoms with Gasteiger partial charge in [0.2, 0.25) is 0 Å². The van der Waals surface area contributed by atoms with Gasteiger partial charge in [-0.15, -0.1) is 0 Å². The van der Waals surface area contributed by atoms with E-state index in [1.165, 1.54) is 0 Å². The van der Waals surface area contributed by atoms with Crippen molar-refractivity contribution in [3.8, 4) is 0 Å². The van der Waals surface area contributed by atoms with Gasteiger partial charge in [0.25, 0.3) is 0 Å². The first-order valence-corrected chi connectivity index (χ1v) is 8.79. The molecule has 0 saturated heterocycles. The van der Waals surface area contributed by atoms with Crippen LogP contribution in [0.25, 0.3) is 0 Å². The lowest BCUT2D eigenvalue weighted by Crippen LogP contribution is -2.38. The highest BCUT2D eigenvalue weighted by Crippen LogP contribution is 2.32. The summed E-state index contributed by atoms with van der Waals surface area (Å²) in [6.07, 6.45) is 2.66. The molecule has 0 fully saturated rings. The molecule has 0 bridgehead atoms. The molecule has 0 aliphatic carbocycles. The second-order valence-electron chi connectivity index (χ2n) is 8.56. The van der Waals surface area contributed by atoms with Crippen molar-refractivity contribution in [3.63, 3.8) is 0 Å². The van der Waals surface area contributed by atoms with Crippen LogP contribution in [0.15, 0.2) is 0 Å². The zero-order valence-corrected chi connectivity index (χ0v) is 16.8. The maximum atomic E-state index is 11.7. The SMILES string of the molecule is CNCCC(C)(C)OCCC(C)OC(C)(C)CC(C)(C)C(C)=O. The van der Waals surface area contributed by atoms with Crippen LogP contribution < -0.4 is 5.32 Å². The van der Waals surface area contributed by atoms with E-state index in [0.717, 1.165) is 19.4 Å². The number of nitrogens with one attached hydrogen (secondary N) is 1. The van der Waals surface area contributed by atoms with Gasteiger partial charge in [0.15, 0.2) is 0 Å². The van der Waals surface area contributed by atoms with Gasteiger partial charge in [-0.1, -0.05) is 13.8 Å². The van der Waals surface area contributed by atoms with Crippen LogP contribution in [0.4, 0.5) is 0 Å². The summed E-state index contributed by atoms with van der Waals surface area (Å²) >= 11 is 0. The molecule has 0 saturated carbocycles. The lowest BCUT2D eigenvalue weighted by Gasteiger charge is -2.36. The average molecular weight is 330 g/mol. The Kier molecular flexibility index (Phi) is 8.96. The van der Waals surface area contributed by atoms with Crippen LogP contribution in [-0.4, -0.2) is 43.3 Å². The van der Waals surface area contributed by atoms with E-state index in [1.54, 1.807) is 6.92 Å². The molecule has 4 nitrogen and oxygen atoms in total. The van der Waals surface area contributed by atoms with E-state index in [1.807, 2.05) is 20.9 Å². The van der Waals surface area contributed by atoms with Crippen LogP contribution in [0.3, 0.4) is 0 Å². The Labute approximate surface area is 143 Å². The highest BCUT2D eigenvalue weighted by Gasteiger charge is 2.34. The van der Waals surface area contributed by atoms with Crippen LogP contribution in [-0.2, 0) is 14.3 Å². The third-order valence-electron chi connectivity index (χ3n) is 4.34. The molecule has 0 rings (SSSR count). The monoisotopic (exact) mass is 329 g/mol. The van der Waals surface area contributed by atoms with Crippen LogP contribution in [0, 0.1) is 5.41 Å². The fourth-order valence-corrected chi connectivity index (χ4v) is 2.83. The van der Waals surface area contributed by atoms with E-state index in [0.29, 0.717) is 13.0 Å². The molecular formula is C19H39NO3. The summed E-state index contributed by atoms with van der Waals surface area (Å²) in [6.45, 7) is 17.7. The van der Waals surface area contributed by atoms with Gasteiger partial charge in [-0.2, -0.15) is 0 Å². The smallest absolute Gasteiger partial charge is 0.135 e. The molecule has 0 spiro atoms. The molecule has 4 heteroatoms. The van der Waals surface area contributed by atoms with Gasteiger partial charge in [-0.05, 0) is 74.4 Å². The first-order chi connectivity index (χ1) is 10.3. The van der Waals surface area contributed by atoms with Crippen molar-refractivity contribution in [2.45, 2.75) is 92.0 Å². The molecular weight excluding hydrogens is 290 g/mol. The molecule has 0 aliphatic heterocycles. The van der Waals surface area contributed by atoms with Crippen molar-refractivity contribution in [2.24, 2.45) is 5.41 Å². The molecule has 0 aromatic rings. The van der Waals surface area contributed by atoms with Gasteiger partial charge in [-0.3, -0.25) is 4.79 Å². The minimum Gasteiger partial charge on any atom is -0.375 e. The zero-order valence-electron chi connectivity index (χ0n) is 16.8. The van der Waals surface area contributed by atoms with Crippen LogP contribution in [0.1, 0.15) is 74.7 Å². The van der Waals surface area contributed by atoms with Gasteiger partial charge in [-0.25, -0.2) is 0 Å². The molecule has 0 aromatic carbocycles.